The molecule has 1 saturated heterocycles. The highest BCUT2D eigenvalue weighted by Crippen LogP contribution is 2.42. The topological polar surface area (TPSA) is 27.7 Å². The zero-order chi connectivity index (χ0) is 27.9. The largest absolute Gasteiger partial charge is 0.412 e. The van der Waals surface area contributed by atoms with Crippen LogP contribution in [-0.4, -0.2) is 32.4 Å². The van der Waals surface area contributed by atoms with Gasteiger partial charge in [-0.2, -0.15) is 0 Å². The van der Waals surface area contributed by atoms with E-state index in [1.807, 2.05) is 13.8 Å². The third-order valence-corrected chi connectivity index (χ3v) is 14.4. The average molecular weight is 521 g/mol. The van der Waals surface area contributed by atoms with E-state index in [0.717, 1.165) is 38.7 Å². The Morgan fingerprint density at radius 1 is 0.889 bits per heavy atom. The maximum atomic E-state index is 6.70. The molecule has 0 radical (unpaired) electrons. The van der Waals surface area contributed by atoms with Crippen LogP contribution in [0, 0.1) is 5.92 Å². The van der Waals surface area contributed by atoms with Crippen molar-refractivity contribution >= 4 is 8.32 Å². The van der Waals surface area contributed by atoms with E-state index in [0.29, 0.717) is 22.5 Å². The summed E-state index contributed by atoms with van der Waals surface area (Å²) < 4.78 is 19.1. The first-order chi connectivity index (χ1) is 16.4. The minimum atomic E-state index is -1.79. The minimum Gasteiger partial charge on any atom is -0.412 e. The van der Waals surface area contributed by atoms with E-state index in [4.69, 9.17) is 13.9 Å². The quantitative estimate of drug-likeness (QED) is 0.159. The lowest BCUT2D eigenvalue weighted by Gasteiger charge is -2.42. The van der Waals surface area contributed by atoms with Crippen molar-refractivity contribution in [3.05, 3.63) is 35.5 Å². The molecule has 1 fully saturated rings. The normalized spacial score (nSPS) is 21.6. The van der Waals surface area contributed by atoms with Crippen LogP contribution in [0.1, 0.15) is 122 Å². The molecule has 0 unspecified atom stereocenters. The van der Waals surface area contributed by atoms with Gasteiger partial charge in [0.25, 0.3) is 0 Å². The molecule has 36 heavy (non-hydrogen) atoms. The highest BCUT2D eigenvalue weighted by atomic mass is 28.4. The summed E-state index contributed by atoms with van der Waals surface area (Å²) in [5.41, 5.74) is 5.77. The summed E-state index contributed by atoms with van der Waals surface area (Å²) in [6.07, 6.45) is 10.2. The molecule has 0 aromatic heterocycles. The van der Waals surface area contributed by atoms with Crippen molar-refractivity contribution in [1.29, 1.82) is 0 Å². The molecular formula is C32H60O3Si. The molecule has 3 nitrogen and oxygen atoms in total. The van der Waals surface area contributed by atoms with E-state index in [-0.39, 0.29) is 11.7 Å². The van der Waals surface area contributed by atoms with Crippen molar-refractivity contribution < 1.29 is 13.9 Å². The van der Waals surface area contributed by atoms with Crippen molar-refractivity contribution in [3.8, 4) is 0 Å². The van der Waals surface area contributed by atoms with E-state index in [9.17, 15) is 0 Å². The number of ether oxygens (including phenoxy) is 2. The van der Waals surface area contributed by atoms with E-state index >= 15 is 0 Å². The van der Waals surface area contributed by atoms with Crippen LogP contribution in [0.2, 0.25) is 16.6 Å². The van der Waals surface area contributed by atoms with E-state index in [2.05, 4.69) is 94.9 Å². The maximum Gasteiger partial charge on any atom is 0.200 e. The molecule has 0 spiro atoms. The first kappa shape index (κ1) is 33.3. The third-order valence-electron chi connectivity index (χ3n) is 8.30. The molecule has 4 heteroatoms. The Kier molecular flexibility index (Phi) is 12.9. The third kappa shape index (κ3) is 9.56. The summed E-state index contributed by atoms with van der Waals surface area (Å²) in [5, 5.41) is 0. The number of hydrogen-bond acceptors (Lipinski definition) is 3. The van der Waals surface area contributed by atoms with E-state index in [1.54, 1.807) is 0 Å². The summed E-state index contributed by atoms with van der Waals surface area (Å²) in [4.78, 5) is 0. The van der Waals surface area contributed by atoms with Crippen LogP contribution in [-0.2, 0) is 13.9 Å². The van der Waals surface area contributed by atoms with Crippen LogP contribution in [0.3, 0.4) is 0 Å². The van der Waals surface area contributed by atoms with Gasteiger partial charge in [0, 0.05) is 0 Å². The van der Waals surface area contributed by atoms with E-state index in [1.165, 1.54) is 16.7 Å². The summed E-state index contributed by atoms with van der Waals surface area (Å²) >= 11 is 0. The molecule has 1 aliphatic heterocycles. The zero-order valence-corrected chi connectivity index (χ0v) is 27.2. The fraction of sp³-hybridized carbons (Fsp3) is 0.812. The molecular weight excluding hydrogens is 460 g/mol. The zero-order valence-electron chi connectivity index (χ0n) is 26.2. The Labute approximate surface area is 226 Å². The first-order valence-corrected chi connectivity index (χ1v) is 16.6. The van der Waals surface area contributed by atoms with Gasteiger partial charge in [0.1, 0.15) is 0 Å². The molecule has 0 aromatic rings. The molecule has 0 N–H and O–H groups in total. The van der Waals surface area contributed by atoms with Gasteiger partial charge >= 0.3 is 0 Å². The highest BCUT2D eigenvalue weighted by molar-refractivity contribution is 6.77. The van der Waals surface area contributed by atoms with Gasteiger partial charge in [0.15, 0.2) is 5.79 Å². The predicted molar refractivity (Wildman–Crippen MR) is 160 cm³/mol. The highest BCUT2D eigenvalue weighted by Gasteiger charge is 2.47. The van der Waals surface area contributed by atoms with Crippen LogP contribution in [0.25, 0.3) is 0 Å². The SMILES string of the molecule is C=C(C)[C@H](CC/C(C)=C/CC/C(C)=C/CO[Si](C(C)C)(C(C)C)C(C)C)C[C@@H]1OC(C)(C)OC1(C)C. The maximum absolute atomic E-state index is 6.70. The molecule has 1 heterocycles. The number of rotatable bonds is 15. The van der Waals surface area contributed by atoms with Gasteiger partial charge in [-0.1, -0.05) is 77.0 Å². The molecule has 0 saturated carbocycles. The van der Waals surface area contributed by atoms with Gasteiger partial charge in [-0.05, 0) is 103 Å². The Bertz CT molecular complexity index is 736. The minimum absolute atomic E-state index is 0.0948. The second-order valence-corrected chi connectivity index (χ2v) is 18.8. The molecule has 0 amide bonds. The predicted octanol–water partition coefficient (Wildman–Crippen LogP) is 10.1. The van der Waals surface area contributed by atoms with Gasteiger partial charge in [-0.3, -0.25) is 0 Å². The van der Waals surface area contributed by atoms with Gasteiger partial charge in [0.2, 0.25) is 8.32 Å². The summed E-state index contributed by atoms with van der Waals surface area (Å²) in [7, 11) is -1.79. The number of hydrogen-bond donors (Lipinski definition) is 0. The Balaban J connectivity index is 2.58. The van der Waals surface area contributed by atoms with Crippen molar-refractivity contribution in [1.82, 2.24) is 0 Å². The Hall–Kier alpha value is -0.683. The van der Waals surface area contributed by atoms with Crippen LogP contribution < -0.4 is 0 Å². The summed E-state index contributed by atoms with van der Waals surface area (Å²) in [6.45, 7) is 34.2. The van der Waals surface area contributed by atoms with Crippen molar-refractivity contribution in [2.75, 3.05) is 6.61 Å². The van der Waals surface area contributed by atoms with Crippen molar-refractivity contribution in [2.24, 2.45) is 5.92 Å². The van der Waals surface area contributed by atoms with Crippen LogP contribution >= 0.6 is 0 Å². The second-order valence-electron chi connectivity index (χ2n) is 13.3. The van der Waals surface area contributed by atoms with Gasteiger partial charge < -0.3 is 13.9 Å². The van der Waals surface area contributed by atoms with E-state index < -0.39 is 14.1 Å². The van der Waals surface area contributed by atoms with Gasteiger partial charge in [-0.15, -0.1) is 0 Å². The molecule has 0 aromatic carbocycles. The summed E-state index contributed by atoms with van der Waals surface area (Å²) in [5.74, 6) is -0.0663. The smallest absolute Gasteiger partial charge is 0.200 e. The first-order valence-electron chi connectivity index (χ1n) is 14.4. The molecule has 210 valence electrons. The van der Waals surface area contributed by atoms with Gasteiger partial charge in [0.05, 0.1) is 18.3 Å². The van der Waals surface area contributed by atoms with Crippen LogP contribution in [0.15, 0.2) is 35.5 Å². The lowest BCUT2D eigenvalue weighted by atomic mass is 9.85. The lowest BCUT2D eigenvalue weighted by molar-refractivity contribution is -0.157. The van der Waals surface area contributed by atoms with Gasteiger partial charge in [-0.25, -0.2) is 0 Å². The van der Waals surface area contributed by atoms with Crippen LogP contribution in [0.4, 0.5) is 0 Å². The standard InChI is InChI=1S/C32H60O3Si/c1-23(2)29(22-30-31(11,12)35-32(13,14)34-30)19-18-27(9)16-15-17-28(10)20-21-33-36(24(3)4,25(5)6)26(7)8/h16,20,24-26,29-30H,1,15,17-19,21-22H2,2-14H3/b27-16+,28-20+/t29-,30+/m1/s1. The Morgan fingerprint density at radius 2 is 1.42 bits per heavy atom. The molecule has 1 aliphatic rings. The fourth-order valence-corrected chi connectivity index (χ4v) is 11.7. The molecule has 0 aliphatic carbocycles. The Morgan fingerprint density at radius 3 is 1.86 bits per heavy atom. The molecule has 1 rings (SSSR count). The van der Waals surface area contributed by atoms with Crippen molar-refractivity contribution in [2.45, 2.75) is 156 Å². The lowest BCUT2D eigenvalue weighted by Crippen LogP contribution is -2.47. The number of allylic oxidation sites excluding steroid dienone is 4. The fourth-order valence-electron chi connectivity index (χ4n) is 6.34. The molecule has 2 atom stereocenters. The van der Waals surface area contributed by atoms with Crippen LogP contribution in [0.5, 0.6) is 0 Å². The second kappa shape index (κ2) is 13.9. The molecule has 0 bridgehead atoms. The average Bonchev–Trinajstić information content (AvgIpc) is 2.93. The monoisotopic (exact) mass is 520 g/mol. The van der Waals surface area contributed by atoms with Crippen molar-refractivity contribution in [3.63, 3.8) is 0 Å². The summed E-state index contributed by atoms with van der Waals surface area (Å²) in [6, 6.07) is 0.